The molecule has 0 saturated heterocycles. The van der Waals surface area contributed by atoms with Gasteiger partial charge in [0.1, 0.15) is 11.6 Å². The highest BCUT2D eigenvalue weighted by molar-refractivity contribution is 5.61. The normalized spacial score (nSPS) is 10.8. The summed E-state index contributed by atoms with van der Waals surface area (Å²) in [7, 11) is 1.78. The molecule has 96 valence electrons. The van der Waals surface area contributed by atoms with Crippen LogP contribution in [0.4, 0.5) is 10.2 Å². The summed E-state index contributed by atoms with van der Waals surface area (Å²) >= 11 is 0. The molecule has 1 N–H and O–H groups in total. The van der Waals surface area contributed by atoms with Gasteiger partial charge in [-0.2, -0.15) is 0 Å². The first kappa shape index (κ1) is 11.6. The highest BCUT2D eigenvalue weighted by atomic mass is 19.1. The van der Waals surface area contributed by atoms with E-state index in [1.807, 2.05) is 10.5 Å². The standard InChI is InChI=1S/C13H12FN5/c1-15-12-13-18-17-11(19(13)6-5-16-12)8-9-3-2-4-10(14)7-9/h2-7H,8H2,1H3,(H,15,16). The van der Waals surface area contributed by atoms with Gasteiger partial charge in [0.2, 0.25) is 5.65 Å². The van der Waals surface area contributed by atoms with Crippen LogP contribution in [-0.2, 0) is 6.42 Å². The van der Waals surface area contributed by atoms with Crippen molar-refractivity contribution in [3.8, 4) is 0 Å². The average molecular weight is 257 g/mol. The minimum Gasteiger partial charge on any atom is -0.370 e. The molecule has 0 aliphatic carbocycles. The molecule has 1 aromatic carbocycles. The van der Waals surface area contributed by atoms with Gasteiger partial charge in [-0.1, -0.05) is 12.1 Å². The van der Waals surface area contributed by atoms with Crippen molar-refractivity contribution in [1.82, 2.24) is 19.6 Å². The third-order valence-corrected chi connectivity index (χ3v) is 2.89. The van der Waals surface area contributed by atoms with Crippen LogP contribution in [0.1, 0.15) is 11.4 Å². The summed E-state index contributed by atoms with van der Waals surface area (Å²) in [6, 6.07) is 6.48. The molecule has 0 aliphatic heterocycles. The van der Waals surface area contributed by atoms with Gasteiger partial charge in [-0.15, -0.1) is 10.2 Å². The van der Waals surface area contributed by atoms with Crippen molar-refractivity contribution >= 4 is 11.5 Å². The molecular formula is C13H12FN5. The maximum atomic E-state index is 13.2. The van der Waals surface area contributed by atoms with Crippen molar-refractivity contribution in [1.29, 1.82) is 0 Å². The van der Waals surface area contributed by atoms with Crippen LogP contribution in [0.25, 0.3) is 5.65 Å². The molecule has 6 heteroatoms. The number of benzene rings is 1. The molecule has 3 rings (SSSR count). The van der Waals surface area contributed by atoms with Crippen molar-refractivity contribution in [2.75, 3.05) is 12.4 Å². The second-order valence-corrected chi connectivity index (χ2v) is 4.14. The fraction of sp³-hybridized carbons (Fsp3) is 0.154. The zero-order chi connectivity index (χ0) is 13.2. The van der Waals surface area contributed by atoms with Gasteiger partial charge >= 0.3 is 0 Å². The first-order valence-corrected chi connectivity index (χ1v) is 5.89. The number of hydrogen-bond donors (Lipinski definition) is 1. The second kappa shape index (κ2) is 4.64. The predicted octanol–water partition coefficient (Wildman–Crippen LogP) is 1.90. The Labute approximate surface area is 109 Å². The van der Waals surface area contributed by atoms with E-state index >= 15 is 0 Å². The SMILES string of the molecule is CNc1nccn2c(Cc3cccc(F)c3)nnc12. The van der Waals surface area contributed by atoms with E-state index in [-0.39, 0.29) is 5.82 Å². The maximum Gasteiger partial charge on any atom is 0.203 e. The first-order valence-electron chi connectivity index (χ1n) is 5.89. The third kappa shape index (κ3) is 2.12. The van der Waals surface area contributed by atoms with E-state index in [0.29, 0.717) is 17.9 Å². The Morgan fingerprint density at radius 1 is 1.32 bits per heavy atom. The predicted molar refractivity (Wildman–Crippen MR) is 69.5 cm³/mol. The lowest BCUT2D eigenvalue weighted by Crippen LogP contribution is -2.00. The van der Waals surface area contributed by atoms with Gasteiger partial charge in [0.05, 0.1) is 0 Å². The minimum absolute atomic E-state index is 0.246. The van der Waals surface area contributed by atoms with Crippen molar-refractivity contribution < 1.29 is 4.39 Å². The van der Waals surface area contributed by atoms with Gasteiger partial charge in [0.15, 0.2) is 5.82 Å². The maximum absolute atomic E-state index is 13.2. The summed E-state index contributed by atoms with van der Waals surface area (Å²) in [5.74, 6) is 1.17. The molecule has 0 spiro atoms. The van der Waals surface area contributed by atoms with Crippen molar-refractivity contribution in [2.24, 2.45) is 0 Å². The van der Waals surface area contributed by atoms with Gasteiger partial charge in [-0.25, -0.2) is 9.37 Å². The summed E-state index contributed by atoms with van der Waals surface area (Å²) in [6.07, 6.45) is 3.99. The number of hydrogen-bond acceptors (Lipinski definition) is 4. The van der Waals surface area contributed by atoms with Gasteiger partial charge in [-0.3, -0.25) is 4.40 Å². The summed E-state index contributed by atoms with van der Waals surface area (Å²) in [5, 5.41) is 11.2. The molecule has 0 saturated carbocycles. The first-order chi connectivity index (χ1) is 9.28. The van der Waals surface area contributed by atoms with Crippen molar-refractivity contribution in [3.63, 3.8) is 0 Å². The van der Waals surface area contributed by atoms with Crippen LogP contribution < -0.4 is 5.32 Å². The van der Waals surface area contributed by atoms with Crippen LogP contribution in [0.3, 0.4) is 0 Å². The summed E-state index contributed by atoms with van der Waals surface area (Å²) < 4.78 is 15.0. The van der Waals surface area contributed by atoms with E-state index < -0.39 is 0 Å². The highest BCUT2D eigenvalue weighted by Gasteiger charge is 2.10. The van der Waals surface area contributed by atoms with Crippen LogP contribution >= 0.6 is 0 Å². The highest BCUT2D eigenvalue weighted by Crippen LogP contribution is 2.14. The second-order valence-electron chi connectivity index (χ2n) is 4.14. The molecular weight excluding hydrogens is 245 g/mol. The molecule has 0 amide bonds. The van der Waals surface area contributed by atoms with E-state index in [1.165, 1.54) is 12.1 Å². The number of nitrogens with one attached hydrogen (secondary N) is 1. The number of aromatic nitrogens is 4. The number of halogens is 1. The molecule has 0 fully saturated rings. The quantitative estimate of drug-likeness (QED) is 0.778. The monoisotopic (exact) mass is 257 g/mol. The summed E-state index contributed by atoms with van der Waals surface area (Å²) in [4.78, 5) is 4.17. The average Bonchev–Trinajstić information content (AvgIpc) is 2.82. The Kier molecular flexibility index (Phi) is 2.83. The third-order valence-electron chi connectivity index (χ3n) is 2.89. The topological polar surface area (TPSA) is 55.1 Å². The van der Waals surface area contributed by atoms with Crippen LogP contribution in [0.15, 0.2) is 36.7 Å². The zero-order valence-electron chi connectivity index (χ0n) is 10.3. The van der Waals surface area contributed by atoms with Gasteiger partial charge in [0, 0.05) is 25.9 Å². The molecule has 2 aromatic heterocycles. The Bertz CT molecular complexity index is 722. The molecule has 3 aromatic rings. The molecule has 5 nitrogen and oxygen atoms in total. The van der Waals surface area contributed by atoms with Crippen LogP contribution in [0.2, 0.25) is 0 Å². The number of anilines is 1. The molecule has 0 aliphatic rings. The van der Waals surface area contributed by atoms with Gasteiger partial charge in [0.25, 0.3) is 0 Å². The Hall–Kier alpha value is -2.50. The summed E-state index contributed by atoms with van der Waals surface area (Å²) in [6.45, 7) is 0. The largest absolute Gasteiger partial charge is 0.370 e. The number of nitrogens with zero attached hydrogens (tertiary/aromatic N) is 4. The van der Waals surface area contributed by atoms with E-state index in [0.717, 1.165) is 11.4 Å². The smallest absolute Gasteiger partial charge is 0.203 e. The van der Waals surface area contributed by atoms with Crippen LogP contribution in [0.5, 0.6) is 0 Å². The number of rotatable bonds is 3. The molecule has 19 heavy (non-hydrogen) atoms. The van der Waals surface area contributed by atoms with Crippen LogP contribution in [-0.4, -0.2) is 26.6 Å². The van der Waals surface area contributed by atoms with E-state index in [2.05, 4.69) is 20.5 Å². The van der Waals surface area contributed by atoms with E-state index in [4.69, 9.17) is 0 Å². The lowest BCUT2D eigenvalue weighted by atomic mass is 10.1. The van der Waals surface area contributed by atoms with Crippen molar-refractivity contribution in [2.45, 2.75) is 6.42 Å². The fourth-order valence-corrected chi connectivity index (χ4v) is 2.00. The van der Waals surface area contributed by atoms with E-state index in [9.17, 15) is 4.39 Å². The molecule has 0 bridgehead atoms. The number of fused-ring (bicyclic) bond motifs is 1. The van der Waals surface area contributed by atoms with Gasteiger partial charge < -0.3 is 5.32 Å². The zero-order valence-corrected chi connectivity index (χ0v) is 10.3. The Morgan fingerprint density at radius 3 is 3.00 bits per heavy atom. The Morgan fingerprint density at radius 2 is 2.21 bits per heavy atom. The molecule has 0 radical (unpaired) electrons. The lowest BCUT2D eigenvalue weighted by Gasteiger charge is -2.03. The molecule has 0 atom stereocenters. The van der Waals surface area contributed by atoms with Crippen LogP contribution in [0, 0.1) is 5.82 Å². The van der Waals surface area contributed by atoms with E-state index in [1.54, 1.807) is 25.5 Å². The molecule has 2 heterocycles. The fourth-order valence-electron chi connectivity index (χ4n) is 2.00. The lowest BCUT2D eigenvalue weighted by molar-refractivity contribution is 0.625. The summed E-state index contributed by atoms with van der Waals surface area (Å²) in [5.41, 5.74) is 1.52. The Balaban J connectivity index is 2.02. The van der Waals surface area contributed by atoms with Crippen molar-refractivity contribution in [3.05, 3.63) is 53.9 Å². The molecule has 0 unspecified atom stereocenters. The van der Waals surface area contributed by atoms with Gasteiger partial charge in [-0.05, 0) is 17.7 Å². The minimum atomic E-state index is -0.246.